The highest BCUT2D eigenvalue weighted by Gasteiger charge is 2.11. The zero-order chi connectivity index (χ0) is 13.0. The molecule has 0 amide bonds. The van der Waals surface area contributed by atoms with Crippen molar-refractivity contribution in [3.05, 3.63) is 57.7 Å². The molecule has 18 heavy (non-hydrogen) atoms. The third kappa shape index (κ3) is 2.96. The van der Waals surface area contributed by atoms with Gasteiger partial charge in [0.2, 0.25) is 0 Å². The van der Waals surface area contributed by atoms with E-state index >= 15 is 0 Å². The van der Waals surface area contributed by atoms with Crippen LogP contribution in [0.2, 0.25) is 0 Å². The smallest absolute Gasteiger partial charge is 0.124 e. The summed E-state index contributed by atoms with van der Waals surface area (Å²) in [6, 6.07) is 16.6. The summed E-state index contributed by atoms with van der Waals surface area (Å²) < 4.78 is 6.61. The minimum absolute atomic E-state index is 0.206. The molecule has 0 aliphatic heterocycles. The number of benzene rings is 2. The number of hydrogen-bond donors (Lipinski definition) is 1. The van der Waals surface area contributed by atoms with Crippen molar-refractivity contribution in [1.82, 2.24) is 0 Å². The minimum atomic E-state index is 0.206. The van der Waals surface area contributed by atoms with Gasteiger partial charge < -0.3 is 10.1 Å². The number of para-hydroxylation sites is 2. The second kappa shape index (κ2) is 6.09. The van der Waals surface area contributed by atoms with E-state index in [0.717, 1.165) is 11.4 Å². The van der Waals surface area contributed by atoms with Gasteiger partial charge in [0, 0.05) is 14.8 Å². The average molecular weight is 353 g/mol. The third-order valence-electron chi connectivity index (χ3n) is 2.85. The molecule has 1 unspecified atom stereocenters. The molecule has 1 N–H and O–H groups in total. The number of halogens is 1. The van der Waals surface area contributed by atoms with Crippen LogP contribution in [0.5, 0.6) is 5.75 Å². The van der Waals surface area contributed by atoms with Crippen molar-refractivity contribution in [1.29, 1.82) is 0 Å². The van der Waals surface area contributed by atoms with E-state index in [9.17, 15) is 0 Å². The van der Waals surface area contributed by atoms with Crippen LogP contribution in [-0.4, -0.2) is 7.11 Å². The van der Waals surface area contributed by atoms with Crippen molar-refractivity contribution < 1.29 is 4.74 Å². The van der Waals surface area contributed by atoms with Gasteiger partial charge in [-0.2, -0.15) is 0 Å². The molecule has 94 valence electrons. The van der Waals surface area contributed by atoms with Gasteiger partial charge >= 0.3 is 0 Å². The van der Waals surface area contributed by atoms with E-state index in [1.165, 1.54) is 9.13 Å². The number of ether oxygens (including phenoxy) is 1. The van der Waals surface area contributed by atoms with Crippen LogP contribution >= 0.6 is 22.6 Å². The normalized spacial score (nSPS) is 11.9. The highest BCUT2D eigenvalue weighted by Crippen LogP contribution is 2.28. The largest absolute Gasteiger partial charge is 0.496 e. The topological polar surface area (TPSA) is 21.3 Å². The van der Waals surface area contributed by atoms with Crippen molar-refractivity contribution in [3.63, 3.8) is 0 Å². The Morgan fingerprint density at radius 2 is 1.72 bits per heavy atom. The summed E-state index contributed by atoms with van der Waals surface area (Å²) in [5, 5.41) is 3.51. The van der Waals surface area contributed by atoms with Gasteiger partial charge in [-0.3, -0.25) is 0 Å². The standard InChI is InChI=1S/C15H16INO/c1-11(12-7-3-6-10-15(12)18-2)17-14-9-5-4-8-13(14)16/h3-11,17H,1-2H3. The van der Waals surface area contributed by atoms with E-state index in [2.05, 4.69) is 53.0 Å². The molecule has 0 fully saturated rings. The van der Waals surface area contributed by atoms with Crippen molar-refractivity contribution >= 4 is 28.3 Å². The van der Waals surface area contributed by atoms with E-state index in [0.29, 0.717) is 0 Å². The van der Waals surface area contributed by atoms with Gasteiger partial charge in [0.05, 0.1) is 13.2 Å². The molecule has 1 atom stereocenters. The highest BCUT2D eigenvalue weighted by molar-refractivity contribution is 14.1. The summed E-state index contributed by atoms with van der Waals surface area (Å²) in [5.74, 6) is 0.920. The van der Waals surface area contributed by atoms with E-state index in [1.54, 1.807) is 7.11 Å². The molecular weight excluding hydrogens is 337 g/mol. The lowest BCUT2D eigenvalue weighted by molar-refractivity contribution is 0.408. The van der Waals surface area contributed by atoms with Crippen LogP contribution in [0, 0.1) is 3.57 Å². The molecule has 0 aromatic heterocycles. The van der Waals surface area contributed by atoms with Crippen LogP contribution in [0.1, 0.15) is 18.5 Å². The molecule has 0 saturated carbocycles. The van der Waals surface area contributed by atoms with E-state index in [-0.39, 0.29) is 6.04 Å². The first-order valence-electron chi connectivity index (χ1n) is 5.86. The van der Waals surface area contributed by atoms with Crippen molar-refractivity contribution in [2.45, 2.75) is 13.0 Å². The first kappa shape index (κ1) is 13.2. The first-order valence-corrected chi connectivity index (χ1v) is 6.94. The Balaban J connectivity index is 2.22. The lowest BCUT2D eigenvalue weighted by Gasteiger charge is -2.19. The molecule has 2 nitrogen and oxygen atoms in total. The maximum Gasteiger partial charge on any atom is 0.124 e. The molecule has 0 radical (unpaired) electrons. The van der Waals surface area contributed by atoms with E-state index in [1.807, 2.05) is 30.3 Å². The summed E-state index contributed by atoms with van der Waals surface area (Å²) >= 11 is 2.34. The summed E-state index contributed by atoms with van der Waals surface area (Å²) in [4.78, 5) is 0. The fraction of sp³-hybridized carbons (Fsp3) is 0.200. The predicted molar refractivity (Wildman–Crippen MR) is 84.2 cm³/mol. The Morgan fingerprint density at radius 1 is 1.06 bits per heavy atom. The molecular formula is C15H16INO. The van der Waals surface area contributed by atoms with Gasteiger partial charge in [-0.1, -0.05) is 30.3 Å². The van der Waals surface area contributed by atoms with Crippen LogP contribution in [-0.2, 0) is 0 Å². The average Bonchev–Trinajstić information content (AvgIpc) is 2.41. The Hall–Kier alpha value is -1.23. The second-order valence-corrected chi connectivity index (χ2v) is 5.25. The molecule has 3 heteroatoms. The van der Waals surface area contributed by atoms with E-state index in [4.69, 9.17) is 4.74 Å². The zero-order valence-electron chi connectivity index (χ0n) is 10.5. The van der Waals surface area contributed by atoms with Crippen molar-refractivity contribution in [3.8, 4) is 5.75 Å². The Morgan fingerprint density at radius 3 is 2.44 bits per heavy atom. The first-order chi connectivity index (χ1) is 8.72. The molecule has 0 bridgehead atoms. The van der Waals surface area contributed by atoms with Crippen LogP contribution in [0.15, 0.2) is 48.5 Å². The maximum absolute atomic E-state index is 5.39. The number of anilines is 1. The highest BCUT2D eigenvalue weighted by atomic mass is 127. The number of methoxy groups -OCH3 is 1. The van der Waals surface area contributed by atoms with Gasteiger partial charge in [0.1, 0.15) is 5.75 Å². The SMILES string of the molecule is COc1ccccc1C(C)Nc1ccccc1I. The predicted octanol–water partition coefficient (Wildman–Crippen LogP) is 4.47. The van der Waals surface area contributed by atoms with Crippen molar-refractivity contribution in [2.24, 2.45) is 0 Å². The van der Waals surface area contributed by atoms with Crippen LogP contribution in [0.25, 0.3) is 0 Å². The lowest BCUT2D eigenvalue weighted by Crippen LogP contribution is -2.08. The maximum atomic E-state index is 5.39. The van der Waals surface area contributed by atoms with Crippen molar-refractivity contribution in [2.75, 3.05) is 12.4 Å². The monoisotopic (exact) mass is 353 g/mol. The molecule has 0 heterocycles. The molecule has 0 aliphatic carbocycles. The Kier molecular flexibility index (Phi) is 4.47. The summed E-state index contributed by atoms with van der Waals surface area (Å²) in [7, 11) is 1.71. The fourth-order valence-electron chi connectivity index (χ4n) is 1.91. The molecule has 0 aliphatic rings. The molecule has 2 rings (SSSR count). The second-order valence-electron chi connectivity index (χ2n) is 4.09. The lowest BCUT2D eigenvalue weighted by atomic mass is 10.1. The summed E-state index contributed by atoms with van der Waals surface area (Å²) in [5.41, 5.74) is 2.32. The zero-order valence-corrected chi connectivity index (χ0v) is 12.6. The third-order valence-corrected chi connectivity index (χ3v) is 3.79. The molecule has 2 aromatic carbocycles. The molecule has 0 spiro atoms. The van der Waals surface area contributed by atoms with Crippen LogP contribution in [0.4, 0.5) is 5.69 Å². The van der Waals surface area contributed by atoms with Gasteiger partial charge in [-0.15, -0.1) is 0 Å². The number of hydrogen-bond acceptors (Lipinski definition) is 2. The molecule has 0 saturated heterocycles. The summed E-state index contributed by atoms with van der Waals surface area (Å²) in [6.45, 7) is 2.14. The summed E-state index contributed by atoms with van der Waals surface area (Å²) in [6.07, 6.45) is 0. The van der Waals surface area contributed by atoms with Crippen LogP contribution < -0.4 is 10.1 Å². The Bertz CT molecular complexity index is 527. The molecule has 2 aromatic rings. The fourth-order valence-corrected chi connectivity index (χ4v) is 2.46. The van der Waals surface area contributed by atoms with Gasteiger partial charge in [-0.25, -0.2) is 0 Å². The van der Waals surface area contributed by atoms with Gasteiger partial charge in [-0.05, 0) is 47.7 Å². The number of rotatable bonds is 4. The quantitative estimate of drug-likeness (QED) is 0.819. The minimum Gasteiger partial charge on any atom is -0.496 e. The van der Waals surface area contributed by atoms with Crippen LogP contribution in [0.3, 0.4) is 0 Å². The van der Waals surface area contributed by atoms with E-state index < -0.39 is 0 Å². The van der Waals surface area contributed by atoms with Gasteiger partial charge in [0.25, 0.3) is 0 Å². The number of nitrogens with one attached hydrogen (secondary N) is 1. The van der Waals surface area contributed by atoms with Gasteiger partial charge in [0.15, 0.2) is 0 Å². The Labute approximate surface area is 122 Å².